The van der Waals surface area contributed by atoms with Crippen molar-refractivity contribution in [3.63, 3.8) is 0 Å². The van der Waals surface area contributed by atoms with E-state index in [9.17, 15) is 14.7 Å². The fourth-order valence-corrected chi connectivity index (χ4v) is 4.86. The maximum Gasteiger partial charge on any atom is 0.295 e. The summed E-state index contributed by atoms with van der Waals surface area (Å²) in [4.78, 5) is 34.8. The molecule has 1 aliphatic rings. The normalized spacial score (nSPS) is 17.9. The summed E-state index contributed by atoms with van der Waals surface area (Å²) in [7, 11) is 0. The van der Waals surface area contributed by atoms with Crippen LogP contribution in [0.1, 0.15) is 43.3 Å². The molecule has 3 aromatic rings. The Balaban J connectivity index is 1.82. The van der Waals surface area contributed by atoms with E-state index < -0.39 is 17.7 Å². The smallest absolute Gasteiger partial charge is 0.295 e. The monoisotopic (exact) mass is 480 g/mol. The second-order valence-electron chi connectivity index (χ2n) is 8.40. The van der Waals surface area contributed by atoms with Crippen molar-refractivity contribution in [3.8, 4) is 0 Å². The van der Waals surface area contributed by atoms with Gasteiger partial charge in [0.25, 0.3) is 11.7 Å². The highest BCUT2D eigenvalue weighted by Gasteiger charge is 2.46. The third-order valence-electron chi connectivity index (χ3n) is 6.40. The summed E-state index contributed by atoms with van der Waals surface area (Å²) in [5.41, 5.74) is 2.37. The van der Waals surface area contributed by atoms with E-state index in [0.29, 0.717) is 40.6 Å². The number of aromatic nitrogens is 2. The number of hydrogen-bond donors (Lipinski definition) is 1. The zero-order valence-electron chi connectivity index (χ0n) is 19.7. The molecule has 0 bridgehead atoms. The molecule has 1 atom stereocenters. The zero-order chi connectivity index (χ0) is 24.4. The Morgan fingerprint density at radius 3 is 2.62 bits per heavy atom. The number of hydrogen-bond acceptors (Lipinski definition) is 5. The summed E-state index contributed by atoms with van der Waals surface area (Å²) in [6, 6.07) is 11.9. The average Bonchev–Trinajstić information content (AvgIpc) is 3.29. The Hall–Kier alpha value is -3.16. The van der Waals surface area contributed by atoms with Gasteiger partial charge in [0.1, 0.15) is 11.3 Å². The second-order valence-corrected chi connectivity index (χ2v) is 8.84. The molecule has 2 aromatic heterocycles. The van der Waals surface area contributed by atoms with Gasteiger partial charge in [0.2, 0.25) is 0 Å². The van der Waals surface area contributed by atoms with Crippen molar-refractivity contribution in [2.75, 3.05) is 26.2 Å². The highest BCUT2D eigenvalue weighted by Crippen LogP contribution is 2.40. The SMILES string of the molecule is CCN(CC)CCCN1C(=O)C(=O)C(=C(O)c2c(C)nc3ccccn23)[C@@H]1c1cccc(Cl)c1. The van der Waals surface area contributed by atoms with Crippen LogP contribution in [0.5, 0.6) is 0 Å². The second kappa shape index (κ2) is 9.99. The number of aliphatic hydroxyl groups is 1. The van der Waals surface area contributed by atoms with Crippen LogP contribution in [0.15, 0.2) is 54.2 Å². The standard InChI is InChI=1S/C26H29ClN4O3/c1-4-29(5-2)13-9-15-31-23(18-10-8-11-19(27)16-18)21(25(33)26(31)34)24(32)22-17(3)28-20-12-6-7-14-30(20)22/h6-8,10-12,14,16,23,32H,4-5,9,13,15H2,1-3H3/t23-/m0/s1. The quantitative estimate of drug-likeness (QED) is 0.293. The first-order valence-corrected chi connectivity index (χ1v) is 11.9. The summed E-state index contributed by atoms with van der Waals surface area (Å²) in [5, 5.41) is 12.0. The molecule has 1 aliphatic heterocycles. The molecule has 1 saturated heterocycles. The number of rotatable bonds is 8. The maximum absolute atomic E-state index is 13.3. The number of amides is 1. The van der Waals surface area contributed by atoms with E-state index in [0.717, 1.165) is 19.6 Å². The number of carbonyl (C=O) groups excluding carboxylic acids is 2. The zero-order valence-corrected chi connectivity index (χ0v) is 20.4. The number of benzene rings is 1. The third kappa shape index (κ3) is 4.33. The number of aryl methyl sites for hydroxylation is 1. The molecule has 0 aliphatic carbocycles. The highest BCUT2D eigenvalue weighted by molar-refractivity contribution is 6.46. The van der Waals surface area contributed by atoms with Crippen molar-refractivity contribution in [1.29, 1.82) is 0 Å². The molecule has 3 heterocycles. The Morgan fingerprint density at radius 2 is 1.91 bits per heavy atom. The molecule has 4 rings (SSSR count). The number of imidazole rings is 1. The minimum Gasteiger partial charge on any atom is -0.505 e. The topological polar surface area (TPSA) is 78.2 Å². The van der Waals surface area contributed by atoms with Gasteiger partial charge in [-0.05, 0) is 62.8 Å². The molecule has 178 valence electrons. The van der Waals surface area contributed by atoms with Gasteiger partial charge in [-0.3, -0.25) is 14.0 Å². The van der Waals surface area contributed by atoms with Crippen LogP contribution in [-0.2, 0) is 9.59 Å². The van der Waals surface area contributed by atoms with Gasteiger partial charge in [0.05, 0.1) is 17.3 Å². The van der Waals surface area contributed by atoms with E-state index >= 15 is 0 Å². The van der Waals surface area contributed by atoms with E-state index in [1.165, 1.54) is 0 Å². The number of carbonyl (C=O) groups is 2. The molecular weight excluding hydrogens is 452 g/mol. The molecule has 7 nitrogen and oxygen atoms in total. The van der Waals surface area contributed by atoms with Crippen LogP contribution < -0.4 is 0 Å². The van der Waals surface area contributed by atoms with Crippen LogP contribution in [-0.4, -0.2) is 62.2 Å². The lowest BCUT2D eigenvalue weighted by Crippen LogP contribution is -2.33. The lowest BCUT2D eigenvalue weighted by molar-refractivity contribution is -0.140. The van der Waals surface area contributed by atoms with Crippen LogP contribution in [0, 0.1) is 6.92 Å². The summed E-state index contributed by atoms with van der Waals surface area (Å²) in [5.74, 6) is -1.54. The van der Waals surface area contributed by atoms with E-state index in [4.69, 9.17) is 11.6 Å². The Bertz CT molecular complexity index is 1260. The van der Waals surface area contributed by atoms with E-state index in [-0.39, 0.29) is 11.3 Å². The van der Waals surface area contributed by atoms with E-state index in [1.54, 1.807) is 40.6 Å². The van der Waals surface area contributed by atoms with E-state index in [1.807, 2.05) is 24.3 Å². The number of fused-ring (bicyclic) bond motifs is 1. The van der Waals surface area contributed by atoms with Crippen LogP contribution >= 0.6 is 11.6 Å². The number of halogens is 1. The fraction of sp³-hybridized carbons (Fsp3) is 0.346. The van der Waals surface area contributed by atoms with Gasteiger partial charge >= 0.3 is 0 Å². The molecule has 1 fully saturated rings. The summed E-state index contributed by atoms with van der Waals surface area (Å²) < 4.78 is 1.73. The van der Waals surface area contributed by atoms with Gasteiger partial charge in [0, 0.05) is 17.8 Å². The van der Waals surface area contributed by atoms with Gasteiger partial charge in [-0.15, -0.1) is 0 Å². The number of ketones is 1. The predicted octanol–water partition coefficient (Wildman–Crippen LogP) is 4.45. The van der Waals surface area contributed by atoms with Crippen LogP contribution in [0.25, 0.3) is 11.4 Å². The van der Waals surface area contributed by atoms with Crippen molar-refractivity contribution >= 4 is 34.7 Å². The molecule has 34 heavy (non-hydrogen) atoms. The predicted molar refractivity (Wildman–Crippen MR) is 133 cm³/mol. The third-order valence-corrected chi connectivity index (χ3v) is 6.64. The molecule has 1 amide bonds. The minimum atomic E-state index is -0.732. The first-order valence-electron chi connectivity index (χ1n) is 11.6. The molecule has 0 radical (unpaired) electrons. The van der Waals surface area contributed by atoms with Gasteiger partial charge in [-0.2, -0.15) is 0 Å². The number of pyridine rings is 1. The molecular formula is C26H29ClN4O3. The molecule has 8 heteroatoms. The van der Waals surface area contributed by atoms with Gasteiger partial charge in [0.15, 0.2) is 5.76 Å². The largest absolute Gasteiger partial charge is 0.505 e. The van der Waals surface area contributed by atoms with Crippen LogP contribution in [0.3, 0.4) is 0 Å². The van der Waals surface area contributed by atoms with Gasteiger partial charge < -0.3 is 14.9 Å². The van der Waals surface area contributed by atoms with Gasteiger partial charge in [-0.25, -0.2) is 4.98 Å². The first-order chi connectivity index (χ1) is 16.4. The fourth-order valence-electron chi connectivity index (χ4n) is 4.66. The van der Waals surface area contributed by atoms with Crippen molar-refractivity contribution in [2.24, 2.45) is 0 Å². The Morgan fingerprint density at radius 1 is 1.15 bits per heavy atom. The molecule has 0 saturated carbocycles. The van der Waals surface area contributed by atoms with E-state index in [2.05, 4.69) is 23.7 Å². The number of likely N-dealkylation sites (tertiary alicyclic amines) is 1. The highest BCUT2D eigenvalue weighted by atomic mass is 35.5. The first kappa shape index (κ1) is 24.0. The van der Waals surface area contributed by atoms with Crippen molar-refractivity contribution in [1.82, 2.24) is 19.2 Å². The van der Waals surface area contributed by atoms with Crippen molar-refractivity contribution in [3.05, 3.63) is 76.2 Å². The summed E-state index contributed by atoms with van der Waals surface area (Å²) >= 11 is 6.27. The number of nitrogens with zero attached hydrogens (tertiary/aromatic N) is 4. The summed E-state index contributed by atoms with van der Waals surface area (Å²) in [6.45, 7) is 9.00. The van der Waals surface area contributed by atoms with Crippen LogP contribution in [0.2, 0.25) is 5.02 Å². The minimum absolute atomic E-state index is 0.0591. The molecule has 1 N–H and O–H groups in total. The van der Waals surface area contributed by atoms with Crippen molar-refractivity contribution < 1.29 is 14.7 Å². The number of Topliss-reactive ketones (excluding diaryl/α,β-unsaturated/α-hetero) is 1. The van der Waals surface area contributed by atoms with Crippen molar-refractivity contribution in [2.45, 2.75) is 33.2 Å². The Labute approximate surface area is 204 Å². The maximum atomic E-state index is 13.3. The van der Waals surface area contributed by atoms with Crippen LogP contribution in [0.4, 0.5) is 0 Å². The molecule has 0 unspecified atom stereocenters. The lowest BCUT2D eigenvalue weighted by Gasteiger charge is -2.27. The average molecular weight is 481 g/mol. The van der Waals surface area contributed by atoms with Gasteiger partial charge in [-0.1, -0.05) is 43.6 Å². The number of aliphatic hydroxyl groups excluding tert-OH is 1. The summed E-state index contributed by atoms with van der Waals surface area (Å²) in [6.07, 6.45) is 2.49. The Kier molecular flexibility index (Phi) is 7.05. The molecule has 0 spiro atoms. The molecule has 1 aromatic carbocycles. The lowest BCUT2D eigenvalue weighted by atomic mass is 9.96.